The molecule has 0 aliphatic heterocycles. The van der Waals surface area contributed by atoms with E-state index in [0.29, 0.717) is 16.6 Å². The fourth-order valence-electron chi connectivity index (χ4n) is 2.16. The molecule has 3 aromatic heterocycles. The van der Waals surface area contributed by atoms with E-state index >= 15 is 0 Å². The molecule has 102 valence electrons. The van der Waals surface area contributed by atoms with E-state index in [1.165, 1.54) is 10.6 Å². The summed E-state index contributed by atoms with van der Waals surface area (Å²) in [6.45, 7) is 2.10. The van der Waals surface area contributed by atoms with Crippen LogP contribution in [0.1, 0.15) is 28.6 Å². The standard InChI is InChI=1S/C14H13N3O2S/c1-2-3-9-6-10-13(20-9)16-11-5-4-8(12(15)18)7-17(11)14(10)19/h4-7H,2-3H2,1H3,(H2,15,18). The molecule has 1 amide bonds. The van der Waals surface area contributed by atoms with E-state index in [0.717, 1.165) is 22.5 Å². The molecule has 0 aliphatic carbocycles. The van der Waals surface area contributed by atoms with Crippen molar-refractivity contribution in [1.29, 1.82) is 0 Å². The largest absolute Gasteiger partial charge is 0.366 e. The number of nitrogens with zero attached hydrogens (tertiary/aromatic N) is 2. The number of fused-ring (bicyclic) bond motifs is 2. The summed E-state index contributed by atoms with van der Waals surface area (Å²) in [5, 5.41) is 0.595. The number of pyridine rings is 1. The fourth-order valence-corrected chi connectivity index (χ4v) is 3.29. The maximum Gasteiger partial charge on any atom is 0.266 e. The number of carbonyl (C=O) groups excluding carboxylic acids is 1. The van der Waals surface area contributed by atoms with Crippen LogP contribution in [0.5, 0.6) is 0 Å². The van der Waals surface area contributed by atoms with Crippen molar-refractivity contribution < 1.29 is 4.79 Å². The predicted molar refractivity (Wildman–Crippen MR) is 79.4 cm³/mol. The van der Waals surface area contributed by atoms with Crippen LogP contribution in [-0.2, 0) is 6.42 Å². The van der Waals surface area contributed by atoms with E-state index in [2.05, 4.69) is 11.9 Å². The van der Waals surface area contributed by atoms with Gasteiger partial charge in [-0.15, -0.1) is 11.3 Å². The van der Waals surface area contributed by atoms with E-state index in [1.54, 1.807) is 23.5 Å². The summed E-state index contributed by atoms with van der Waals surface area (Å²) in [4.78, 5) is 30.0. The molecule has 2 N–H and O–H groups in total. The Morgan fingerprint density at radius 2 is 2.25 bits per heavy atom. The van der Waals surface area contributed by atoms with Gasteiger partial charge >= 0.3 is 0 Å². The summed E-state index contributed by atoms with van der Waals surface area (Å²) >= 11 is 1.55. The average Bonchev–Trinajstić information content (AvgIpc) is 2.82. The van der Waals surface area contributed by atoms with Crippen molar-refractivity contribution in [2.75, 3.05) is 0 Å². The van der Waals surface area contributed by atoms with Gasteiger partial charge in [-0.05, 0) is 24.6 Å². The SMILES string of the molecule is CCCc1cc2c(=O)n3cc(C(N)=O)ccc3nc2s1. The Kier molecular flexibility index (Phi) is 3.02. The number of hydrogen-bond donors (Lipinski definition) is 1. The van der Waals surface area contributed by atoms with Gasteiger partial charge in [0.05, 0.1) is 10.9 Å². The van der Waals surface area contributed by atoms with Crippen LogP contribution < -0.4 is 11.3 Å². The van der Waals surface area contributed by atoms with Crippen LogP contribution in [0.4, 0.5) is 0 Å². The zero-order valence-corrected chi connectivity index (χ0v) is 11.7. The van der Waals surface area contributed by atoms with E-state index < -0.39 is 5.91 Å². The van der Waals surface area contributed by atoms with Crippen molar-refractivity contribution in [3.63, 3.8) is 0 Å². The second kappa shape index (κ2) is 4.72. The molecule has 20 heavy (non-hydrogen) atoms. The number of aryl methyl sites for hydroxylation is 1. The van der Waals surface area contributed by atoms with Crippen molar-refractivity contribution in [2.45, 2.75) is 19.8 Å². The van der Waals surface area contributed by atoms with Gasteiger partial charge in [0.1, 0.15) is 10.5 Å². The van der Waals surface area contributed by atoms with Crippen LogP contribution in [0.25, 0.3) is 15.9 Å². The van der Waals surface area contributed by atoms with Crippen LogP contribution in [0.15, 0.2) is 29.2 Å². The molecule has 0 saturated carbocycles. The summed E-state index contributed by atoms with van der Waals surface area (Å²) in [6.07, 6.45) is 3.41. The van der Waals surface area contributed by atoms with Crippen molar-refractivity contribution in [1.82, 2.24) is 9.38 Å². The Balaban J connectivity index is 2.33. The molecule has 0 aliphatic rings. The number of rotatable bonds is 3. The molecule has 5 nitrogen and oxygen atoms in total. The molecule has 3 rings (SSSR count). The Bertz CT molecular complexity index is 879. The van der Waals surface area contributed by atoms with Crippen LogP contribution in [-0.4, -0.2) is 15.3 Å². The van der Waals surface area contributed by atoms with Crippen molar-refractivity contribution in [3.8, 4) is 0 Å². The molecule has 0 fully saturated rings. The Morgan fingerprint density at radius 1 is 1.45 bits per heavy atom. The van der Waals surface area contributed by atoms with E-state index in [4.69, 9.17) is 5.73 Å². The first-order valence-electron chi connectivity index (χ1n) is 6.35. The second-order valence-corrected chi connectivity index (χ2v) is 5.72. The molecule has 0 bridgehead atoms. The maximum atomic E-state index is 12.5. The number of amides is 1. The molecular weight excluding hydrogens is 274 g/mol. The number of carbonyl (C=O) groups is 1. The lowest BCUT2D eigenvalue weighted by Gasteiger charge is -2.02. The average molecular weight is 287 g/mol. The topological polar surface area (TPSA) is 77.5 Å². The monoisotopic (exact) mass is 287 g/mol. The van der Waals surface area contributed by atoms with Crippen molar-refractivity contribution in [3.05, 3.63) is 45.2 Å². The highest BCUT2D eigenvalue weighted by Gasteiger charge is 2.11. The number of aromatic nitrogens is 2. The lowest BCUT2D eigenvalue weighted by molar-refractivity contribution is 0.1000. The maximum absolute atomic E-state index is 12.5. The summed E-state index contributed by atoms with van der Waals surface area (Å²) < 4.78 is 1.38. The van der Waals surface area contributed by atoms with Crippen LogP contribution >= 0.6 is 11.3 Å². The number of primary amides is 1. The molecule has 0 saturated heterocycles. The summed E-state index contributed by atoms with van der Waals surface area (Å²) in [7, 11) is 0. The summed E-state index contributed by atoms with van der Waals surface area (Å²) in [6, 6.07) is 5.11. The highest BCUT2D eigenvalue weighted by Crippen LogP contribution is 2.23. The first-order chi connectivity index (χ1) is 9.60. The molecule has 0 spiro atoms. The Hall–Kier alpha value is -2.21. The molecule has 3 aromatic rings. The van der Waals surface area contributed by atoms with Gasteiger partial charge in [-0.1, -0.05) is 13.3 Å². The lowest BCUT2D eigenvalue weighted by Crippen LogP contribution is -2.18. The smallest absolute Gasteiger partial charge is 0.266 e. The third kappa shape index (κ3) is 1.98. The second-order valence-electron chi connectivity index (χ2n) is 4.61. The summed E-state index contributed by atoms with van der Waals surface area (Å²) in [5.41, 5.74) is 5.90. The number of hydrogen-bond acceptors (Lipinski definition) is 4. The van der Waals surface area contributed by atoms with Gasteiger partial charge in [0.15, 0.2) is 0 Å². The van der Waals surface area contributed by atoms with Crippen LogP contribution in [0.2, 0.25) is 0 Å². The van der Waals surface area contributed by atoms with E-state index in [-0.39, 0.29) is 5.56 Å². The summed E-state index contributed by atoms with van der Waals surface area (Å²) in [5.74, 6) is -0.559. The number of nitrogens with two attached hydrogens (primary N) is 1. The van der Waals surface area contributed by atoms with Gasteiger partial charge in [0.25, 0.3) is 5.56 Å². The highest BCUT2D eigenvalue weighted by atomic mass is 32.1. The van der Waals surface area contributed by atoms with Gasteiger partial charge in [0.2, 0.25) is 5.91 Å². The Labute approximate surface area is 118 Å². The van der Waals surface area contributed by atoms with Crippen LogP contribution in [0.3, 0.4) is 0 Å². The molecule has 3 heterocycles. The van der Waals surface area contributed by atoms with Gasteiger partial charge in [-0.2, -0.15) is 0 Å². The van der Waals surface area contributed by atoms with Gasteiger partial charge < -0.3 is 5.73 Å². The van der Waals surface area contributed by atoms with Gasteiger partial charge in [-0.25, -0.2) is 4.98 Å². The lowest BCUT2D eigenvalue weighted by atomic mass is 10.2. The molecule has 0 aromatic carbocycles. The predicted octanol–water partition coefficient (Wildman–Crippen LogP) is 1.96. The molecule has 0 unspecified atom stereocenters. The van der Waals surface area contributed by atoms with Gasteiger partial charge in [-0.3, -0.25) is 14.0 Å². The zero-order valence-electron chi connectivity index (χ0n) is 10.9. The minimum absolute atomic E-state index is 0.160. The quantitative estimate of drug-likeness (QED) is 0.800. The van der Waals surface area contributed by atoms with Crippen molar-refractivity contribution in [2.24, 2.45) is 5.73 Å². The van der Waals surface area contributed by atoms with Crippen molar-refractivity contribution >= 4 is 33.1 Å². The minimum Gasteiger partial charge on any atom is -0.366 e. The molecule has 0 radical (unpaired) electrons. The van der Waals surface area contributed by atoms with E-state index in [1.807, 2.05) is 6.07 Å². The number of thiophene rings is 1. The Morgan fingerprint density at radius 3 is 2.95 bits per heavy atom. The zero-order chi connectivity index (χ0) is 14.3. The first-order valence-corrected chi connectivity index (χ1v) is 7.16. The fraction of sp³-hybridized carbons (Fsp3) is 0.214. The van der Waals surface area contributed by atoms with Gasteiger partial charge in [0, 0.05) is 11.1 Å². The third-order valence-corrected chi connectivity index (χ3v) is 4.23. The molecule has 6 heteroatoms. The molecule has 0 atom stereocenters. The van der Waals surface area contributed by atoms with E-state index in [9.17, 15) is 9.59 Å². The molecular formula is C14H13N3O2S. The third-order valence-electron chi connectivity index (χ3n) is 3.14. The first kappa shape index (κ1) is 12.8. The highest BCUT2D eigenvalue weighted by molar-refractivity contribution is 7.18. The van der Waals surface area contributed by atoms with Crippen LogP contribution in [0, 0.1) is 0 Å². The normalized spacial score (nSPS) is 11.2. The minimum atomic E-state index is -0.559.